The van der Waals surface area contributed by atoms with Gasteiger partial charge in [-0.1, -0.05) is 30.3 Å². The highest BCUT2D eigenvalue weighted by Gasteiger charge is 2.22. The Morgan fingerprint density at radius 1 is 0.833 bits per heavy atom. The lowest BCUT2D eigenvalue weighted by Crippen LogP contribution is -2.05. The SMILES string of the molecule is O=C(/C=C/c1ccc(-c2cc(F)c(F)c(F)c2)cc1)[C]1[CH][CH][CH][CH]1. The van der Waals surface area contributed by atoms with Crippen LogP contribution in [0.5, 0.6) is 0 Å². The van der Waals surface area contributed by atoms with E-state index in [1.165, 1.54) is 6.08 Å². The molecule has 0 heterocycles. The summed E-state index contributed by atoms with van der Waals surface area (Å²) in [6, 6.07) is 8.62. The average Bonchev–Trinajstić information content (AvgIpc) is 3.12. The molecular weight excluding hydrogens is 313 g/mol. The van der Waals surface area contributed by atoms with E-state index in [0.717, 1.165) is 17.7 Å². The first-order valence-electron chi connectivity index (χ1n) is 7.24. The van der Waals surface area contributed by atoms with Gasteiger partial charge in [0.1, 0.15) is 0 Å². The quantitative estimate of drug-likeness (QED) is 0.585. The summed E-state index contributed by atoms with van der Waals surface area (Å²) in [4.78, 5) is 11.9. The Morgan fingerprint density at radius 2 is 1.42 bits per heavy atom. The zero-order valence-corrected chi connectivity index (χ0v) is 12.5. The summed E-state index contributed by atoms with van der Waals surface area (Å²) in [5.74, 6) is -3.43. The van der Waals surface area contributed by atoms with Gasteiger partial charge in [0.15, 0.2) is 23.2 Å². The number of benzene rings is 2. The monoisotopic (exact) mass is 325 g/mol. The minimum Gasteiger partial charge on any atom is -0.294 e. The lowest BCUT2D eigenvalue weighted by atomic mass is 10.0. The van der Waals surface area contributed by atoms with E-state index in [-0.39, 0.29) is 11.3 Å². The predicted molar refractivity (Wildman–Crippen MR) is 86.2 cm³/mol. The van der Waals surface area contributed by atoms with Gasteiger partial charge in [-0.25, -0.2) is 13.2 Å². The van der Waals surface area contributed by atoms with Crippen molar-refractivity contribution in [3.05, 3.63) is 97.1 Å². The number of rotatable bonds is 4. The highest BCUT2D eigenvalue weighted by molar-refractivity contribution is 6.07. The van der Waals surface area contributed by atoms with E-state index in [9.17, 15) is 18.0 Å². The van der Waals surface area contributed by atoms with E-state index in [0.29, 0.717) is 11.5 Å². The molecular formula is C20H12F3O. The van der Waals surface area contributed by atoms with Gasteiger partial charge in [-0.15, -0.1) is 0 Å². The second-order valence-corrected chi connectivity index (χ2v) is 5.25. The van der Waals surface area contributed by atoms with Crippen molar-refractivity contribution in [2.75, 3.05) is 0 Å². The summed E-state index contributed by atoms with van der Waals surface area (Å²) in [5, 5.41) is 0. The molecule has 0 aliphatic heterocycles. The van der Waals surface area contributed by atoms with E-state index in [4.69, 9.17) is 0 Å². The Morgan fingerprint density at radius 3 is 2.00 bits per heavy atom. The maximum Gasteiger partial charge on any atom is 0.194 e. The Hall–Kier alpha value is -2.36. The summed E-state index contributed by atoms with van der Waals surface area (Å²) in [5.41, 5.74) is 1.56. The van der Waals surface area contributed by atoms with Crippen LogP contribution in [0.3, 0.4) is 0 Å². The molecule has 2 aromatic rings. The van der Waals surface area contributed by atoms with Crippen LogP contribution in [0.15, 0.2) is 42.5 Å². The molecule has 1 fully saturated rings. The van der Waals surface area contributed by atoms with E-state index in [1.54, 1.807) is 56.0 Å². The molecule has 0 spiro atoms. The summed E-state index contributed by atoms with van der Waals surface area (Å²) >= 11 is 0. The van der Waals surface area contributed by atoms with E-state index >= 15 is 0 Å². The van der Waals surface area contributed by atoms with Crippen molar-refractivity contribution >= 4 is 11.9 Å². The molecule has 1 saturated carbocycles. The molecule has 2 aromatic carbocycles. The van der Waals surface area contributed by atoms with Crippen molar-refractivity contribution in [3.8, 4) is 11.1 Å². The first kappa shape index (κ1) is 16.5. The van der Waals surface area contributed by atoms with Crippen LogP contribution in [0.25, 0.3) is 17.2 Å². The molecule has 0 N–H and O–H groups in total. The first-order valence-corrected chi connectivity index (χ1v) is 7.24. The van der Waals surface area contributed by atoms with Crippen molar-refractivity contribution in [3.63, 3.8) is 0 Å². The van der Waals surface area contributed by atoms with Gasteiger partial charge in [0.25, 0.3) is 0 Å². The van der Waals surface area contributed by atoms with Gasteiger partial charge in [0, 0.05) is 0 Å². The summed E-state index contributed by atoms with van der Waals surface area (Å²) in [6.07, 6.45) is 10.2. The molecule has 119 valence electrons. The zero-order valence-electron chi connectivity index (χ0n) is 12.5. The summed E-state index contributed by atoms with van der Waals surface area (Å²) < 4.78 is 39.6. The van der Waals surface area contributed by atoms with Crippen LogP contribution in [0.1, 0.15) is 5.56 Å². The van der Waals surface area contributed by atoms with Crippen LogP contribution < -0.4 is 0 Å². The fourth-order valence-corrected chi connectivity index (χ4v) is 2.32. The van der Waals surface area contributed by atoms with Gasteiger partial charge < -0.3 is 0 Å². The molecule has 3 rings (SSSR count). The van der Waals surface area contributed by atoms with Gasteiger partial charge in [-0.3, -0.25) is 4.79 Å². The topological polar surface area (TPSA) is 17.1 Å². The van der Waals surface area contributed by atoms with Crippen LogP contribution >= 0.6 is 0 Å². The minimum atomic E-state index is -1.48. The Labute approximate surface area is 138 Å². The highest BCUT2D eigenvalue weighted by atomic mass is 19.2. The molecule has 1 nitrogen and oxygen atoms in total. The van der Waals surface area contributed by atoms with Crippen LogP contribution in [-0.4, -0.2) is 5.78 Å². The van der Waals surface area contributed by atoms with Crippen LogP contribution in [0.4, 0.5) is 13.2 Å². The number of ketones is 1. The Balaban J connectivity index is 1.74. The molecule has 0 amide bonds. The smallest absolute Gasteiger partial charge is 0.194 e. The van der Waals surface area contributed by atoms with E-state index in [1.807, 2.05) is 0 Å². The van der Waals surface area contributed by atoms with Crippen molar-refractivity contribution < 1.29 is 18.0 Å². The van der Waals surface area contributed by atoms with Crippen LogP contribution in [0, 0.1) is 49.1 Å². The molecule has 24 heavy (non-hydrogen) atoms. The van der Waals surface area contributed by atoms with Gasteiger partial charge in [0.2, 0.25) is 0 Å². The van der Waals surface area contributed by atoms with Crippen molar-refractivity contribution in [1.82, 2.24) is 0 Å². The molecule has 1 aliphatic carbocycles. The molecule has 1 aliphatic rings. The second-order valence-electron chi connectivity index (χ2n) is 5.25. The van der Waals surface area contributed by atoms with Gasteiger partial charge >= 0.3 is 0 Å². The van der Waals surface area contributed by atoms with Gasteiger partial charge in [-0.2, -0.15) is 0 Å². The summed E-state index contributed by atoms with van der Waals surface area (Å²) in [6.45, 7) is 0. The fraction of sp³-hybridized carbons (Fsp3) is 0. The zero-order chi connectivity index (χ0) is 17.1. The molecule has 0 atom stereocenters. The Kier molecular flexibility index (Phi) is 4.84. The number of halogens is 3. The van der Waals surface area contributed by atoms with Crippen LogP contribution in [0.2, 0.25) is 0 Å². The third kappa shape index (κ3) is 3.58. The maximum absolute atomic E-state index is 13.3. The number of carbonyl (C=O) groups is 1. The van der Waals surface area contributed by atoms with Crippen molar-refractivity contribution in [1.29, 1.82) is 0 Å². The number of hydrogen-bond acceptors (Lipinski definition) is 1. The van der Waals surface area contributed by atoms with Crippen molar-refractivity contribution in [2.24, 2.45) is 0 Å². The normalized spacial score (nSPS) is 15.3. The molecule has 4 heteroatoms. The first-order chi connectivity index (χ1) is 11.5. The Bertz CT molecular complexity index is 749. The highest BCUT2D eigenvalue weighted by Crippen LogP contribution is 2.26. The number of hydrogen-bond donors (Lipinski definition) is 0. The third-order valence-corrected chi connectivity index (χ3v) is 3.60. The minimum absolute atomic E-state index is 0.105. The lowest BCUT2D eigenvalue weighted by molar-refractivity contribution is -0.112. The number of carbonyl (C=O) groups excluding carboxylic acids is 1. The summed E-state index contributed by atoms with van der Waals surface area (Å²) in [7, 11) is 0. The lowest BCUT2D eigenvalue weighted by Gasteiger charge is -2.05. The van der Waals surface area contributed by atoms with Gasteiger partial charge in [0.05, 0.1) is 5.92 Å². The molecule has 0 unspecified atom stereocenters. The predicted octanol–water partition coefficient (Wildman–Crippen LogP) is 4.76. The van der Waals surface area contributed by atoms with E-state index < -0.39 is 17.5 Å². The third-order valence-electron chi connectivity index (χ3n) is 3.60. The average molecular weight is 325 g/mol. The largest absolute Gasteiger partial charge is 0.294 e. The second kappa shape index (κ2) is 7.04. The van der Waals surface area contributed by atoms with Crippen LogP contribution in [-0.2, 0) is 4.79 Å². The molecule has 0 aromatic heterocycles. The molecule has 0 bridgehead atoms. The maximum atomic E-state index is 13.3. The van der Waals surface area contributed by atoms with Gasteiger partial charge in [-0.05, 0) is 60.6 Å². The standard InChI is InChI=1S/C20H12F3O/c21-17-11-16(12-18(22)20(17)23)14-8-5-13(6-9-14)7-10-19(24)15-3-1-2-4-15/h1-12H/b10-7+. The molecule has 0 saturated heterocycles. The molecule has 5 radical (unpaired) electrons. The van der Waals surface area contributed by atoms with E-state index in [2.05, 4.69) is 0 Å². The van der Waals surface area contributed by atoms with Crippen molar-refractivity contribution in [2.45, 2.75) is 0 Å². The fourth-order valence-electron chi connectivity index (χ4n) is 2.32. The number of allylic oxidation sites excluding steroid dienone is 1.